The van der Waals surface area contributed by atoms with Gasteiger partial charge in [0, 0.05) is 26.2 Å². The van der Waals surface area contributed by atoms with Gasteiger partial charge in [-0.05, 0) is 25.1 Å². The van der Waals surface area contributed by atoms with Crippen LogP contribution in [0.25, 0.3) is 0 Å². The van der Waals surface area contributed by atoms with Gasteiger partial charge >= 0.3 is 6.09 Å². The molecule has 1 aromatic carbocycles. The SMILES string of the molecule is CCOC(=O)N1CCN(S(=O)(=O)c2cccc(O)c2)CC1. The molecule has 0 aliphatic carbocycles. The molecule has 1 heterocycles. The highest BCUT2D eigenvalue weighted by molar-refractivity contribution is 7.89. The molecule has 7 nitrogen and oxygen atoms in total. The third-order valence-corrected chi connectivity index (χ3v) is 5.11. The number of phenolic OH excluding ortho intramolecular Hbond substituents is 1. The van der Waals surface area contributed by atoms with Crippen molar-refractivity contribution in [2.75, 3.05) is 32.8 Å². The van der Waals surface area contributed by atoms with Gasteiger partial charge in [-0.15, -0.1) is 0 Å². The van der Waals surface area contributed by atoms with Gasteiger partial charge in [0.05, 0.1) is 11.5 Å². The van der Waals surface area contributed by atoms with Gasteiger partial charge in [0.15, 0.2) is 0 Å². The normalized spacial score (nSPS) is 16.7. The fraction of sp³-hybridized carbons (Fsp3) is 0.462. The Kier molecular flexibility index (Phi) is 4.69. The third-order valence-electron chi connectivity index (χ3n) is 3.22. The molecular weight excluding hydrogens is 296 g/mol. The molecule has 21 heavy (non-hydrogen) atoms. The van der Waals surface area contributed by atoms with Gasteiger partial charge in [0.2, 0.25) is 10.0 Å². The lowest BCUT2D eigenvalue weighted by Crippen LogP contribution is -2.50. The maximum atomic E-state index is 12.4. The van der Waals surface area contributed by atoms with Crippen molar-refractivity contribution in [3.8, 4) is 5.75 Å². The summed E-state index contributed by atoms with van der Waals surface area (Å²) in [5.41, 5.74) is 0. The minimum absolute atomic E-state index is 0.0482. The molecule has 1 N–H and O–H groups in total. The first-order valence-corrected chi connectivity index (χ1v) is 8.10. The Hall–Kier alpha value is -1.80. The molecule has 8 heteroatoms. The lowest BCUT2D eigenvalue weighted by Gasteiger charge is -2.33. The van der Waals surface area contributed by atoms with Gasteiger partial charge in [0.1, 0.15) is 5.75 Å². The fourth-order valence-electron chi connectivity index (χ4n) is 2.12. The molecule has 0 spiro atoms. The first-order chi connectivity index (χ1) is 9.95. The molecule has 1 amide bonds. The van der Waals surface area contributed by atoms with Crippen molar-refractivity contribution < 1.29 is 23.1 Å². The van der Waals surface area contributed by atoms with E-state index in [2.05, 4.69) is 0 Å². The fourth-order valence-corrected chi connectivity index (χ4v) is 3.58. The van der Waals surface area contributed by atoms with Crippen LogP contribution in [0, 0.1) is 0 Å². The number of amides is 1. The molecule has 1 aliphatic rings. The number of aromatic hydroxyl groups is 1. The molecule has 0 saturated carbocycles. The predicted octanol–water partition coefficient (Wildman–Crippen LogP) is 0.855. The minimum atomic E-state index is -3.65. The van der Waals surface area contributed by atoms with Crippen LogP contribution in [0.3, 0.4) is 0 Å². The van der Waals surface area contributed by atoms with Crippen molar-refractivity contribution in [2.24, 2.45) is 0 Å². The lowest BCUT2D eigenvalue weighted by molar-refractivity contribution is 0.0934. The van der Waals surface area contributed by atoms with Crippen molar-refractivity contribution in [1.82, 2.24) is 9.21 Å². The second kappa shape index (κ2) is 6.31. The third kappa shape index (κ3) is 3.45. The van der Waals surface area contributed by atoms with Crippen LogP contribution < -0.4 is 0 Å². The highest BCUT2D eigenvalue weighted by atomic mass is 32.2. The molecule has 2 rings (SSSR count). The quantitative estimate of drug-likeness (QED) is 0.894. The van der Waals surface area contributed by atoms with Crippen LogP contribution in [0.5, 0.6) is 5.75 Å². The van der Waals surface area contributed by atoms with Crippen molar-refractivity contribution in [1.29, 1.82) is 0 Å². The standard InChI is InChI=1S/C13H18N2O5S/c1-2-20-13(17)14-6-8-15(9-7-14)21(18,19)12-5-3-4-11(16)10-12/h3-5,10,16H,2,6-9H2,1H3. The molecule has 1 saturated heterocycles. The number of rotatable bonds is 3. The molecule has 0 radical (unpaired) electrons. The van der Waals surface area contributed by atoms with Crippen LogP contribution in [0.1, 0.15) is 6.92 Å². The lowest BCUT2D eigenvalue weighted by atomic mass is 10.3. The minimum Gasteiger partial charge on any atom is -0.508 e. The number of carbonyl (C=O) groups excluding carboxylic acids is 1. The number of piperazine rings is 1. The van der Waals surface area contributed by atoms with E-state index in [1.165, 1.54) is 33.5 Å². The van der Waals surface area contributed by atoms with Crippen LogP contribution in [-0.2, 0) is 14.8 Å². The average molecular weight is 314 g/mol. The summed E-state index contributed by atoms with van der Waals surface area (Å²) in [6.45, 7) is 3.00. The summed E-state index contributed by atoms with van der Waals surface area (Å²) in [4.78, 5) is 13.1. The van der Waals surface area contributed by atoms with E-state index in [0.717, 1.165) is 0 Å². The van der Waals surface area contributed by atoms with Crippen LogP contribution in [0.2, 0.25) is 0 Å². The number of benzene rings is 1. The van der Waals surface area contributed by atoms with E-state index in [1.807, 2.05) is 0 Å². The maximum Gasteiger partial charge on any atom is 0.409 e. The number of phenols is 1. The summed E-state index contributed by atoms with van der Waals surface area (Å²) in [7, 11) is -3.65. The van der Waals surface area contributed by atoms with E-state index in [9.17, 15) is 18.3 Å². The summed E-state index contributed by atoms with van der Waals surface area (Å²) in [5, 5.41) is 9.40. The first-order valence-electron chi connectivity index (χ1n) is 6.66. The van der Waals surface area contributed by atoms with Crippen LogP contribution in [-0.4, -0.2) is 61.6 Å². The number of nitrogens with zero attached hydrogens (tertiary/aromatic N) is 2. The Bertz CT molecular complexity index is 609. The maximum absolute atomic E-state index is 12.4. The molecule has 1 aromatic rings. The van der Waals surface area contributed by atoms with Gasteiger partial charge in [0.25, 0.3) is 0 Å². The van der Waals surface area contributed by atoms with Gasteiger partial charge in [-0.3, -0.25) is 0 Å². The molecular formula is C13H18N2O5S. The summed E-state index contributed by atoms with van der Waals surface area (Å²) in [6, 6.07) is 5.55. The van der Waals surface area contributed by atoms with E-state index < -0.39 is 16.1 Å². The molecule has 1 fully saturated rings. The number of hydrogen-bond donors (Lipinski definition) is 1. The molecule has 0 atom stereocenters. The Morgan fingerprint density at radius 2 is 1.95 bits per heavy atom. The zero-order chi connectivity index (χ0) is 15.5. The van der Waals surface area contributed by atoms with Crippen molar-refractivity contribution in [2.45, 2.75) is 11.8 Å². The molecule has 1 aliphatic heterocycles. The summed E-state index contributed by atoms with van der Waals surface area (Å²) in [6.07, 6.45) is -0.424. The van der Waals surface area contributed by atoms with Gasteiger partial charge in [-0.2, -0.15) is 4.31 Å². The number of hydrogen-bond acceptors (Lipinski definition) is 5. The van der Waals surface area contributed by atoms with Crippen LogP contribution >= 0.6 is 0 Å². The van der Waals surface area contributed by atoms with Crippen LogP contribution in [0.4, 0.5) is 4.79 Å². The zero-order valence-electron chi connectivity index (χ0n) is 11.7. The number of ether oxygens (including phenoxy) is 1. The predicted molar refractivity (Wildman–Crippen MR) is 75.5 cm³/mol. The van der Waals surface area contributed by atoms with E-state index in [-0.39, 0.29) is 36.8 Å². The van der Waals surface area contributed by atoms with E-state index in [0.29, 0.717) is 6.61 Å². The smallest absolute Gasteiger partial charge is 0.409 e. The highest BCUT2D eigenvalue weighted by Crippen LogP contribution is 2.21. The summed E-state index contributed by atoms with van der Waals surface area (Å²) in [5.74, 6) is -0.0961. The molecule has 0 aromatic heterocycles. The van der Waals surface area contributed by atoms with Crippen molar-refractivity contribution >= 4 is 16.1 Å². The number of sulfonamides is 1. The van der Waals surface area contributed by atoms with Gasteiger partial charge in [-0.25, -0.2) is 13.2 Å². The van der Waals surface area contributed by atoms with E-state index in [1.54, 1.807) is 6.92 Å². The largest absolute Gasteiger partial charge is 0.508 e. The van der Waals surface area contributed by atoms with E-state index in [4.69, 9.17) is 4.74 Å². The van der Waals surface area contributed by atoms with Crippen LogP contribution in [0.15, 0.2) is 29.2 Å². The van der Waals surface area contributed by atoms with Gasteiger partial charge in [-0.1, -0.05) is 6.07 Å². The summed E-state index contributed by atoms with van der Waals surface area (Å²) >= 11 is 0. The highest BCUT2D eigenvalue weighted by Gasteiger charge is 2.30. The topological polar surface area (TPSA) is 87.2 Å². The Morgan fingerprint density at radius 3 is 2.52 bits per heavy atom. The monoisotopic (exact) mass is 314 g/mol. The van der Waals surface area contributed by atoms with Gasteiger partial charge < -0.3 is 14.7 Å². The summed E-state index contributed by atoms with van der Waals surface area (Å²) < 4.78 is 31.0. The zero-order valence-corrected chi connectivity index (χ0v) is 12.5. The Balaban J connectivity index is 2.06. The second-order valence-electron chi connectivity index (χ2n) is 4.59. The second-order valence-corrected chi connectivity index (χ2v) is 6.53. The molecule has 116 valence electrons. The first kappa shape index (κ1) is 15.6. The average Bonchev–Trinajstić information content (AvgIpc) is 2.47. The number of carbonyl (C=O) groups is 1. The van der Waals surface area contributed by atoms with Crippen molar-refractivity contribution in [3.63, 3.8) is 0 Å². The Morgan fingerprint density at radius 1 is 1.29 bits per heavy atom. The molecule has 0 bridgehead atoms. The van der Waals surface area contributed by atoms with Crippen molar-refractivity contribution in [3.05, 3.63) is 24.3 Å². The molecule has 0 unspecified atom stereocenters. The van der Waals surface area contributed by atoms with E-state index >= 15 is 0 Å². The Labute approximate surface area is 123 Å².